The second kappa shape index (κ2) is 7.48. The summed E-state index contributed by atoms with van der Waals surface area (Å²) < 4.78 is 21.3. The Bertz CT molecular complexity index is 1160. The third-order valence-electron chi connectivity index (χ3n) is 4.65. The number of carbonyl (C=O) groups excluding carboxylic acids is 1. The highest BCUT2D eigenvalue weighted by atomic mass is 32.1. The van der Waals surface area contributed by atoms with Crippen LogP contribution in [0.25, 0.3) is 16.2 Å². The molecule has 1 aliphatic heterocycles. The van der Waals surface area contributed by atoms with E-state index in [1.807, 2.05) is 0 Å². The van der Waals surface area contributed by atoms with E-state index in [1.165, 1.54) is 22.1 Å². The van der Waals surface area contributed by atoms with E-state index in [1.54, 1.807) is 18.7 Å². The Morgan fingerprint density at radius 2 is 2.24 bits per heavy atom. The van der Waals surface area contributed by atoms with Crippen LogP contribution in [0.2, 0.25) is 0 Å². The summed E-state index contributed by atoms with van der Waals surface area (Å²) in [6, 6.07) is 1.04. The third-order valence-corrected chi connectivity index (χ3v) is 5.49. The zero-order valence-corrected chi connectivity index (χ0v) is 16.7. The highest BCUT2D eigenvalue weighted by Crippen LogP contribution is 2.26. The van der Waals surface area contributed by atoms with Crippen molar-refractivity contribution in [3.05, 3.63) is 38.9 Å². The monoisotopic (exact) mass is 418 g/mol. The second-order valence-corrected chi connectivity index (χ2v) is 7.89. The first-order valence-corrected chi connectivity index (χ1v) is 9.94. The number of nitrogens with zero attached hydrogens (tertiary/aromatic N) is 5. The zero-order valence-electron chi connectivity index (χ0n) is 15.9. The molecule has 2 N–H and O–H groups in total. The summed E-state index contributed by atoms with van der Waals surface area (Å²) in [5, 5.41) is 9.13. The van der Waals surface area contributed by atoms with Crippen LogP contribution < -0.4 is 16.1 Å². The normalized spacial score (nSPS) is 16.6. The predicted molar refractivity (Wildman–Crippen MR) is 106 cm³/mol. The number of hydrogen-bond acceptors (Lipinski definition) is 9. The number of hydrogen-bond donors (Lipinski definition) is 1. The van der Waals surface area contributed by atoms with Gasteiger partial charge in [-0.05, 0) is 26.3 Å². The Hall–Kier alpha value is -2.92. The molecule has 4 heterocycles. The standard InChI is InChI=1S/C18H19FN6O3S/c1-3-28-17(27)12-8-25(18-23-22-9(2)29-18)15-11(14(12)26)6-13(19)16(21-15)24-5-4-10(20)7-24/h6,8,10H,3-5,7,20H2,1-2H3/t10-/m0/s1. The molecule has 0 spiro atoms. The predicted octanol–water partition coefficient (Wildman–Crippen LogP) is 1.40. The Morgan fingerprint density at radius 3 is 2.86 bits per heavy atom. The minimum atomic E-state index is -0.788. The van der Waals surface area contributed by atoms with Crippen LogP contribution in [0, 0.1) is 12.7 Å². The van der Waals surface area contributed by atoms with Crippen molar-refractivity contribution < 1.29 is 13.9 Å². The van der Waals surface area contributed by atoms with E-state index in [0.29, 0.717) is 23.2 Å². The van der Waals surface area contributed by atoms with Crippen molar-refractivity contribution in [3.8, 4) is 5.13 Å². The molecule has 29 heavy (non-hydrogen) atoms. The lowest BCUT2D eigenvalue weighted by molar-refractivity contribution is 0.0524. The van der Waals surface area contributed by atoms with Crippen molar-refractivity contribution in [2.24, 2.45) is 5.73 Å². The van der Waals surface area contributed by atoms with Crippen LogP contribution in [0.5, 0.6) is 0 Å². The minimum absolute atomic E-state index is 0.0341. The number of aromatic nitrogens is 4. The van der Waals surface area contributed by atoms with Gasteiger partial charge in [0.05, 0.1) is 12.0 Å². The van der Waals surface area contributed by atoms with Crippen molar-refractivity contribution in [1.29, 1.82) is 0 Å². The van der Waals surface area contributed by atoms with Crippen molar-refractivity contribution in [2.45, 2.75) is 26.3 Å². The number of nitrogens with two attached hydrogens (primary N) is 1. The van der Waals surface area contributed by atoms with Gasteiger partial charge in [0.1, 0.15) is 10.6 Å². The van der Waals surface area contributed by atoms with Gasteiger partial charge in [0.15, 0.2) is 17.3 Å². The summed E-state index contributed by atoms with van der Waals surface area (Å²) in [7, 11) is 0. The maximum atomic E-state index is 14.9. The summed E-state index contributed by atoms with van der Waals surface area (Å²) in [4.78, 5) is 31.4. The largest absolute Gasteiger partial charge is 0.462 e. The minimum Gasteiger partial charge on any atom is -0.462 e. The highest BCUT2D eigenvalue weighted by molar-refractivity contribution is 7.13. The van der Waals surface area contributed by atoms with E-state index in [0.717, 1.165) is 12.5 Å². The van der Waals surface area contributed by atoms with Gasteiger partial charge in [0, 0.05) is 25.3 Å². The Labute approximate surface area is 168 Å². The van der Waals surface area contributed by atoms with Gasteiger partial charge in [-0.1, -0.05) is 11.3 Å². The molecule has 1 saturated heterocycles. The van der Waals surface area contributed by atoms with Gasteiger partial charge in [0.25, 0.3) is 0 Å². The van der Waals surface area contributed by atoms with E-state index in [9.17, 15) is 14.0 Å². The summed E-state index contributed by atoms with van der Waals surface area (Å²) in [6.45, 7) is 4.56. The average molecular weight is 418 g/mol. The lowest BCUT2D eigenvalue weighted by atomic mass is 10.2. The molecule has 1 atom stereocenters. The number of fused-ring (bicyclic) bond motifs is 1. The maximum absolute atomic E-state index is 14.9. The van der Waals surface area contributed by atoms with Gasteiger partial charge in [-0.15, -0.1) is 10.2 Å². The van der Waals surface area contributed by atoms with Crippen molar-refractivity contribution in [3.63, 3.8) is 0 Å². The van der Waals surface area contributed by atoms with E-state index >= 15 is 0 Å². The molecule has 0 aliphatic carbocycles. The summed E-state index contributed by atoms with van der Waals surface area (Å²) in [6.07, 6.45) is 2.05. The van der Waals surface area contributed by atoms with Crippen molar-refractivity contribution in [2.75, 3.05) is 24.6 Å². The quantitative estimate of drug-likeness (QED) is 0.632. The van der Waals surface area contributed by atoms with Crippen LogP contribution in [0.15, 0.2) is 17.1 Å². The fourth-order valence-electron chi connectivity index (χ4n) is 3.30. The molecule has 0 radical (unpaired) electrons. The van der Waals surface area contributed by atoms with Gasteiger partial charge in [-0.2, -0.15) is 0 Å². The van der Waals surface area contributed by atoms with Gasteiger partial charge >= 0.3 is 5.97 Å². The highest BCUT2D eigenvalue weighted by Gasteiger charge is 2.26. The Morgan fingerprint density at radius 1 is 1.45 bits per heavy atom. The molecule has 9 nitrogen and oxygen atoms in total. The molecule has 0 unspecified atom stereocenters. The van der Waals surface area contributed by atoms with Crippen molar-refractivity contribution >= 4 is 34.2 Å². The Kier molecular flexibility index (Phi) is 5.01. The van der Waals surface area contributed by atoms with Crippen LogP contribution in [-0.2, 0) is 4.74 Å². The molecule has 152 valence electrons. The molecule has 3 aromatic heterocycles. The SMILES string of the molecule is CCOC(=O)c1cn(-c2nnc(C)s2)c2nc(N3CC[C@H](N)C3)c(F)cc2c1=O. The van der Waals surface area contributed by atoms with E-state index in [4.69, 9.17) is 10.5 Å². The fourth-order valence-corrected chi connectivity index (χ4v) is 3.96. The summed E-state index contributed by atoms with van der Waals surface area (Å²) in [5.41, 5.74) is 5.27. The molecule has 0 saturated carbocycles. The van der Waals surface area contributed by atoms with Crippen LogP contribution in [-0.4, -0.2) is 51.5 Å². The number of pyridine rings is 2. The molecule has 4 rings (SSSR count). The van der Waals surface area contributed by atoms with E-state index < -0.39 is 17.2 Å². The molecule has 0 aromatic carbocycles. The van der Waals surface area contributed by atoms with Crippen LogP contribution in [0.3, 0.4) is 0 Å². The van der Waals surface area contributed by atoms with Gasteiger partial charge in [0.2, 0.25) is 10.6 Å². The molecule has 0 bridgehead atoms. The second-order valence-electron chi connectivity index (χ2n) is 6.73. The van der Waals surface area contributed by atoms with Gasteiger partial charge in [-0.25, -0.2) is 14.2 Å². The number of carbonyl (C=O) groups is 1. The van der Waals surface area contributed by atoms with Gasteiger partial charge in [-0.3, -0.25) is 9.36 Å². The number of halogens is 1. The van der Waals surface area contributed by atoms with E-state index in [-0.39, 0.29) is 35.1 Å². The molecule has 3 aromatic rings. The first kappa shape index (κ1) is 19.4. The molecular formula is C18H19FN6O3S. The lowest BCUT2D eigenvalue weighted by Crippen LogP contribution is -2.28. The number of ether oxygens (including phenoxy) is 1. The van der Waals surface area contributed by atoms with Gasteiger partial charge < -0.3 is 15.4 Å². The number of rotatable bonds is 4. The molecule has 1 aliphatic rings. The molecule has 1 fully saturated rings. The summed E-state index contributed by atoms with van der Waals surface area (Å²) >= 11 is 1.26. The van der Waals surface area contributed by atoms with Crippen molar-refractivity contribution in [1.82, 2.24) is 19.7 Å². The molecular weight excluding hydrogens is 399 g/mol. The zero-order chi connectivity index (χ0) is 20.7. The number of aryl methyl sites for hydroxylation is 1. The first-order chi connectivity index (χ1) is 13.9. The lowest BCUT2D eigenvalue weighted by Gasteiger charge is -2.19. The third kappa shape index (κ3) is 3.47. The number of anilines is 1. The summed E-state index contributed by atoms with van der Waals surface area (Å²) in [5.74, 6) is -1.32. The number of esters is 1. The Balaban J connectivity index is 1.98. The smallest absolute Gasteiger partial charge is 0.343 e. The molecule has 11 heteroatoms. The first-order valence-electron chi connectivity index (χ1n) is 9.13. The maximum Gasteiger partial charge on any atom is 0.343 e. The fraction of sp³-hybridized carbons (Fsp3) is 0.389. The van der Waals surface area contributed by atoms with Crippen LogP contribution in [0.4, 0.5) is 10.2 Å². The molecule has 0 amide bonds. The van der Waals surface area contributed by atoms with E-state index in [2.05, 4.69) is 15.2 Å². The van der Waals surface area contributed by atoms with Crippen LogP contribution >= 0.6 is 11.3 Å². The van der Waals surface area contributed by atoms with Crippen LogP contribution in [0.1, 0.15) is 28.7 Å². The topological polar surface area (TPSA) is 116 Å². The average Bonchev–Trinajstić information content (AvgIpc) is 3.30.